The van der Waals surface area contributed by atoms with Gasteiger partial charge < -0.3 is 4.90 Å². The zero-order chi connectivity index (χ0) is 60.5. The Kier molecular flexibility index (Phi) is 25.5. The summed E-state index contributed by atoms with van der Waals surface area (Å²) in [5.41, 5.74) is 23.7. The van der Waals surface area contributed by atoms with Crippen LogP contribution in [-0.4, -0.2) is 0 Å². The molecule has 460 valence electrons. The van der Waals surface area contributed by atoms with Crippen LogP contribution < -0.4 is 4.90 Å². The second-order valence-electron chi connectivity index (χ2n) is 26.9. The van der Waals surface area contributed by atoms with Crippen LogP contribution in [0.3, 0.4) is 0 Å². The lowest BCUT2D eigenvalue weighted by atomic mass is 9.70. The number of benzene rings is 7. The summed E-state index contributed by atoms with van der Waals surface area (Å²) in [6.07, 6.45) is 48.8. The molecule has 2 aliphatic rings. The molecule has 0 amide bonds. The van der Waals surface area contributed by atoms with Crippen molar-refractivity contribution in [3.8, 4) is 44.5 Å². The third kappa shape index (κ3) is 16.8. The molecule has 87 heavy (non-hydrogen) atoms. The van der Waals surface area contributed by atoms with Gasteiger partial charge in [-0.15, -0.1) is 13.2 Å². The van der Waals surface area contributed by atoms with Crippen LogP contribution in [0.4, 0.5) is 17.1 Å². The standard InChI is InChI=1S/C86H111N/c1-7-11-15-19-23-25-27-29-33-40-62-86(63-41-34-30-28-26-24-20-16-12-8-2)82-65-69(6)45-57-78(82)80-59-51-73(67-84(80)86)71-48-54-76(55-49-71)87(74-42-36-35-37-43-74)75-52-46-70(47-53-75)72-50-58-79-77-56-44-68(5)64-81(77)85(83(79)66-72,60-38-31-21-17-13-9-3)61-39-32-22-18-14-10-4/h9-10,35-37,42-59,64-67H,3-4,7-8,11-34,38-41,60-63H2,1-2,5-6H3. The first-order valence-corrected chi connectivity index (χ1v) is 35.6. The molecule has 0 fully saturated rings. The summed E-state index contributed by atoms with van der Waals surface area (Å²) in [7, 11) is 0. The maximum absolute atomic E-state index is 4.00. The van der Waals surface area contributed by atoms with Gasteiger partial charge in [-0.2, -0.15) is 0 Å². The third-order valence-electron chi connectivity index (χ3n) is 20.4. The van der Waals surface area contributed by atoms with Crippen molar-refractivity contribution in [1.29, 1.82) is 0 Å². The lowest BCUT2D eigenvalue weighted by Gasteiger charge is -2.33. The third-order valence-corrected chi connectivity index (χ3v) is 20.4. The van der Waals surface area contributed by atoms with Crippen molar-refractivity contribution in [2.75, 3.05) is 4.90 Å². The van der Waals surface area contributed by atoms with E-state index in [0.29, 0.717) is 0 Å². The van der Waals surface area contributed by atoms with Crippen molar-refractivity contribution >= 4 is 17.1 Å². The number of nitrogens with zero attached hydrogens (tertiary/aromatic N) is 1. The number of allylic oxidation sites excluding steroid dienone is 2. The fraction of sp³-hybridized carbons (Fsp3) is 0.465. The first-order valence-electron chi connectivity index (χ1n) is 35.6. The van der Waals surface area contributed by atoms with Crippen molar-refractivity contribution in [3.63, 3.8) is 0 Å². The molecule has 0 radical (unpaired) electrons. The van der Waals surface area contributed by atoms with Crippen molar-refractivity contribution in [3.05, 3.63) is 210 Å². The number of unbranched alkanes of at least 4 members (excludes halogenated alkanes) is 26. The van der Waals surface area contributed by atoms with Gasteiger partial charge in [-0.3, -0.25) is 0 Å². The van der Waals surface area contributed by atoms with Gasteiger partial charge in [-0.25, -0.2) is 0 Å². The molecule has 0 aliphatic heterocycles. The van der Waals surface area contributed by atoms with Gasteiger partial charge >= 0.3 is 0 Å². The lowest BCUT2D eigenvalue weighted by molar-refractivity contribution is 0.397. The van der Waals surface area contributed by atoms with Crippen LogP contribution in [0.1, 0.15) is 266 Å². The number of hydrogen-bond acceptors (Lipinski definition) is 1. The molecule has 0 saturated heterocycles. The van der Waals surface area contributed by atoms with Gasteiger partial charge in [0.2, 0.25) is 0 Å². The highest BCUT2D eigenvalue weighted by Gasteiger charge is 2.44. The number of rotatable bonds is 41. The van der Waals surface area contributed by atoms with E-state index in [1.54, 1.807) is 22.3 Å². The van der Waals surface area contributed by atoms with Crippen LogP contribution in [0.15, 0.2) is 177 Å². The normalized spacial score (nSPS) is 13.3. The minimum absolute atomic E-state index is 0.0195. The maximum atomic E-state index is 4.00. The molecular weight excluding hydrogens is 1050 g/mol. The van der Waals surface area contributed by atoms with Crippen molar-refractivity contribution in [1.82, 2.24) is 0 Å². The van der Waals surface area contributed by atoms with Crippen LogP contribution in [-0.2, 0) is 10.8 Å². The second kappa shape index (κ2) is 34.0. The van der Waals surface area contributed by atoms with E-state index in [0.717, 1.165) is 18.5 Å². The van der Waals surface area contributed by atoms with E-state index in [-0.39, 0.29) is 10.8 Å². The Hall–Kier alpha value is -6.18. The van der Waals surface area contributed by atoms with E-state index in [1.165, 1.54) is 272 Å². The van der Waals surface area contributed by atoms with E-state index in [1.807, 2.05) is 0 Å². The number of aryl methyl sites for hydroxylation is 2. The van der Waals surface area contributed by atoms with Gasteiger partial charge in [0.15, 0.2) is 0 Å². The average molecular weight is 1160 g/mol. The van der Waals surface area contributed by atoms with E-state index < -0.39 is 0 Å². The Morgan fingerprint density at radius 2 is 0.586 bits per heavy atom. The molecule has 1 heteroatoms. The molecule has 0 bridgehead atoms. The molecule has 2 aliphatic carbocycles. The number of para-hydroxylation sites is 1. The zero-order valence-corrected chi connectivity index (χ0v) is 55.0. The van der Waals surface area contributed by atoms with Gasteiger partial charge in [0, 0.05) is 27.9 Å². The van der Waals surface area contributed by atoms with E-state index in [9.17, 15) is 0 Å². The number of fused-ring (bicyclic) bond motifs is 6. The minimum atomic E-state index is 0.0195. The highest BCUT2D eigenvalue weighted by atomic mass is 15.1. The summed E-state index contributed by atoms with van der Waals surface area (Å²) in [6.45, 7) is 17.3. The highest BCUT2D eigenvalue weighted by molar-refractivity contribution is 5.87. The molecule has 0 aromatic heterocycles. The smallest absolute Gasteiger partial charge is 0.0462 e. The van der Waals surface area contributed by atoms with E-state index in [4.69, 9.17) is 0 Å². The Morgan fingerprint density at radius 1 is 0.299 bits per heavy atom. The molecule has 0 spiro atoms. The van der Waals surface area contributed by atoms with Gasteiger partial charge in [-0.05, 0) is 181 Å². The predicted molar refractivity (Wildman–Crippen MR) is 383 cm³/mol. The fourth-order valence-corrected chi connectivity index (χ4v) is 15.5. The van der Waals surface area contributed by atoms with Gasteiger partial charge in [0.05, 0.1) is 0 Å². The maximum Gasteiger partial charge on any atom is 0.0462 e. The largest absolute Gasteiger partial charge is 0.311 e. The van der Waals surface area contributed by atoms with Crippen LogP contribution in [0.5, 0.6) is 0 Å². The van der Waals surface area contributed by atoms with Crippen molar-refractivity contribution < 1.29 is 0 Å². The van der Waals surface area contributed by atoms with Crippen LogP contribution in [0.25, 0.3) is 44.5 Å². The summed E-state index contributed by atoms with van der Waals surface area (Å²) in [5.74, 6) is 0. The molecule has 0 saturated carbocycles. The minimum Gasteiger partial charge on any atom is -0.311 e. The number of hydrogen-bond donors (Lipinski definition) is 0. The molecule has 7 aromatic rings. The second-order valence-corrected chi connectivity index (χ2v) is 26.9. The molecule has 0 N–H and O–H groups in total. The Labute approximate surface area is 530 Å². The number of anilines is 3. The van der Waals surface area contributed by atoms with Gasteiger partial charge in [0.1, 0.15) is 0 Å². The molecule has 0 unspecified atom stereocenters. The van der Waals surface area contributed by atoms with Crippen molar-refractivity contribution in [2.45, 2.75) is 257 Å². The predicted octanol–water partition coefficient (Wildman–Crippen LogP) is 27.3. The summed E-state index contributed by atoms with van der Waals surface area (Å²) in [4.78, 5) is 2.44. The average Bonchev–Trinajstić information content (AvgIpc) is 1.91. The fourth-order valence-electron chi connectivity index (χ4n) is 15.5. The lowest BCUT2D eigenvalue weighted by Crippen LogP contribution is -2.25. The van der Waals surface area contributed by atoms with Crippen molar-refractivity contribution in [2.24, 2.45) is 0 Å². The summed E-state index contributed by atoms with van der Waals surface area (Å²) in [5, 5.41) is 0. The molecule has 7 aromatic carbocycles. The van der Waals surface area contributed by atoms with E-state index >= 15 is 0 Å². The Bertz CT molecular complexity index is 3140. The monoisotopic (exact) mass is 1160 g/mol. The highest BCUT2D eigenvalue weighted by Crippen LogP contribution is 2.57. The quantitative estimate of drug-likeness (QED) is 0.0273. The Morgan fingerprint density at radius 3 is 0.931 bits per heavy atom. The topological polar surface area (TPSA) is 3.24 Å². The molecular formula is C86H111N. The van der Waals surface area contributed by atoms with E-state index in [2.05, 4.69) is 210 Å². The SMILES string of the molecule is C=CCCCCCCC1(CCCCCCC=C)c2cc(C)ccc2-c2ccc(-c3ccc(N(c4ccccc4)c4ccc(-c5ccc6c(c5)C(CCCCCCCCCCCC)(CCCCCCCCCCCC)c5cc(C)ccc5-6)cc4)cc3)cc21. The van der Waals surface area contributed by atoms with Gasteiger partial charge in [0.25, 0.3) is 0 Å². The molecule has 0 heterocycles. The summed E-state index contributed by atoms with van der Waals surface area (Å²) >= 11 is 0. The first kappa shape index (κ1) is 65.3. The zero-order valence-electron chi connectivity index (χ0n) is 55.0. The molecule has 1 nitrogen and oxygen atoms in total. The van der Waals surface area contributed by atoms with Crippen LogP contribution >= 0.6 is 0 Å². The molecule has 9 rings (SSSR count). The first-order chi connectivity index (χ1) is 42.8. The summed E-state index contributed by atoms with van der Waals surface area (Å²) < 4.78 is 0. The Balaban J connectivity index is 0.976. The van der Waals surface area contributed by atoms with Crippen LogP contribution in [0.2, 0.25) is 0 Å². The van der Waals surface area contributed by atoms with Gasteiger partial charge in [-0.1, -0.05) is 307 Å². The van der Waals surface area contributed by atoms with Crippen LogP contribution in [0, 0.1) is 13.8 Å². The summed E-state index contributed by atoms with van der Waals surface area (Å²) in [6, 6.07) is 59.6. The molecule has 0 atom stereocenters.